The molecule has 1 aliphatic rings. The van der Waals surface area contributed by atoms with Crippen molar-refractivity contribution < 1.29 is 13.2 Å². The third-order valence-corrected chi connectivity index (χ3v) is 7.18. The van der Waals surface area contributed by atoms with Crippen molar-refractivity contribution in [3.63, 3.8) is 0 Å². The first-order valence-corrected chi connectivity index (χ1v) is 11.7. The summed E-state index contributed by atoms with van der Waals surface area (Å²) < 4.78 is 28.1. The van der Waals surface area contributed by atoms with Gasteiger partial charge in [0.15, 0.2) is 0 Å². The monoisotopic (exact) mass is 414 g/mol. The third kappa shape index (κ3) is 5.67. The molecule has 1 saturated heterocycles. The van der Waals surface area contributed by atoms with E-state index in [0.29, 0.717) is 13.1 Å². The minimum Gasteiger partial charge on any atom is -0.342 e. The van der Waals surface area contributed by atoms with Crippen molar-refractivity contribution in [2.24, 2.45) is 0 Å². The van der Waals surface area contributed by atoms with Gasteiger partial charge in [0.1, 0.15) is 0 Å². The normalized spacial score (nSPS) is 15.3. The topological polar surface area (TPSA) is 57.7 Å². The number of likely N-dealkylation sites (tertiary alicyclic amines) is 1. The summed E-state index contributed by atoms with van der Waals surface area (Å²) >= 11 is 0. The minimum absolute atomic E-state index is 0.116. The Labute approximate surface area is 174 Å². The van der Waals surface area contributed by atoms with Crippen LogP contribution in [-0.4, -0.2) is 43.2 Å². The van der Waals surface area contributed by atoms with Crippen LogP contribution in [0.1, 0.15) is 42.4 Å². The molecule has 6 heteroatoms. The highest BCUT2D eigenvalue weighted by Gasteiger charge is 2.29. The molecule has 3 rings (SSSR count). The number of nitrogens with zero attached hydrogens (tertiary/aromatic N) is 2. The van der Waals surface area contributed by atoms with Crippen molar-refractivity contribution in [2.45, 2.75) is 51.0 Å². The van der Waals surface area contributed by atoms with E-state index in [1.54, 1.807) is 24.3 Å². The van der Waals surface area contributed by atoms with E-state index in [-0.39, 0.29) is 23.9 Å². The number of rotatable bonds is 6. The van der Waals surface area contributed by atoms with Gasteiger partial charge < -0.3 is 4.90 Å². The Balaban J connectivity index is 1.88. The van der Waals surface area contributed by atoms with Crippen LogP contribution in [0.2, 0.25) is 0 Å². The molecular weight excluding hydrogens is 384 g/mol. The Morgan fingerprint density at radius 3 is 2.21 bits per heavy atom. The van der Waals surface area contributed by atoms with Crippen LogP contribution in [0.15, 0.2) is 53.4 Å². The second-order valence-corrected chi connectivity index (χ2v) is 9.81. The lowest BCUT2D eigenvalue weighted by Gasteiger charge is -2.26. The summed E-state index contributed by atoms with van der Waals surface area (Å²) in [5, 5.41) is 0. The highest BCUT2D eigenvalue weighted by atomic mass is 32.2. The van der Waals surface area contributed by atoms with Gasteiger partial charge in [-0.25, -0.2) is 8.42 Å². The molecule has 0 N–H and O–H groups in total. The third-order valence-electron chi connectivity index (χ3n) is 5.37. The zero-order valence-electron chi connectivity index (χ0n) is 17.3. The Bertz CT molecular complexity index is 931. The quantitative estimate of drug-likeness (QED) is 0.720. The molecule has 0 unspecified atom stereocenters. The van der Waals surface area contributed by atoms with Gasteiger partial charge >= 0.3 is 0 Å². The van der Waals surface area contributed by atoms with E-state index in [1.165, 1.54) is 4.31 Å². The number of amides is 1. The van der Waals surface area contributed by atoms with Gasteiger partial charge in [-0.1, -0.05) is 60.4 Å². The van der Waals surface area contributed by atoms with Gasteiger partial charge in [0.05, 0.1) is 11.4 Å². The molecule has 5 nitrogen and oxygen atoms in total. The van der Waals surface area contributed by atoms with E-state index in [9.17, 15) is 13.2 Å². The minimum atomic E-state index is -3.79. The van der Waals surface area contributed by atoms with E-state index in [4.69, 9.17) is 0 Å². The standard InChI is InChI=1S/C23H30N2O3S/c1-19-10-12-22(13-11-19)29(27,28)25(17-21-9-7-8-20(2)16-21)18-23(26)24-14-5-3-4-6-15-24/h7-13,16H,3-6,14-15,17-18H2,1-2H3. The van der Waals surface area contributed by atoms with Gasteiger partial charge in [-0.15, -0.1) is 0 Å². The number of carbonyl (C=O) groups excluding carboxylic acids is 1. The number of carbonyl (C=O) groups is 1. The van der Waals surface area contributed by atoms with Crippen LogP contribution in [0.3, 0.4) is 0 Å². The molecule has 0 bridgehead atoms. The summed E-state index contributed by atoms with van der Waals surface area (Å²) in [5.74, 6) is -0.116. The zero-order valence-corrected chi connectivity index (χ0v) is 18.1. The molecule has 1 heterocycles. The SMILES string of the molecule is Cc1ccc(S(=O)(=O)N(CC(=O)N2CCCCCC2)Cc2cccc(C)c2)cc1. The van der Waals surface area contributed by atoms with Gasteiger partial charge in [0.2, 0.25) is 15.9 Å². The van der Waals surface area contributed by atoms with Crippen molar-refractivity contribution in [2.75, 3.05) is 19.6 Å². The fourth-order valence-corrected chi connectivity index (χ4v) is 5.05. The summed E-state index contributed by atoms with van der Waals surface area (Å²) in [7, 11) is -3.79. The number of aryl methyl sites for hydroxylation is 2. The van der Waals surface area contributed by atoms with Gasteiger partial charge in [0.25, 0.3) is 0 Å². The molecule has 156 valence electrons. The van der Waals surface area contributed by atoms with Gasteiger partial charge in [-0.05, 0) is 44.4 Å². The molecule has 1 aliphatic heterocycles. The van der Waals surface area contributed by atoms with Crippen LogP contribution in [0.4, 0.5) is 0 Å². The van der Waals surface area contributed by atoms with Gasteiger partial charge in [-0.2, -0.15) is 4.31 Å². The molecule has 0 radical (unpaired) electrons. The van der Waals surface area contributed by atoms with Crippen LogP contribution in [0.5, 0.6) is 0 Å². The smallest absolute Gasteiger partial charge is 0.243 e. The van der Waals surface area contributed by atoms with Crippen molar-refractivity contribution in [1.82, 2.24) is 9.21 Å². The fraction of sp³-hybridized carbons (Fsp3) is 0.435. The van der Waals surface area contributed by atoms with Crippen LogP contribution >= 0.6 is 0 Å². The molecule has 0 spiro atoms. The van der Waals surface area contributed by atoms with Crippen molar-refractivity contribution in [3.8, 4) is 0 Å². The van der Waals surface area contributed by atoms with Crippen molar-refractivity contribution >= 4 is 15.9 Å². The lowest BCUT2D eigenvalue weighted by Crippen LogP contribution is -2.43. The Morgan fingerprint density at radius 2 is 1.59 bits per heavy atom. The molecular formula is C23H30N2O3S. The molecule has 0 aliphatic carbocycles. The maximum Gasteiger partial charge on any atom is 0.243 e. The van der Waals surface area contributed by atoms with Crippen LogP contribution in [0, 0.1) is 13.8 Å². The number of benzene rings is 2. The van der Waals surface area contributed by atoms with E-state index in [2.05, 4.69) is 0 Å². The number of hydrogen-bond donors (Lipinski definition) is 0. The number of hydrogen-bond acceptors (Lipinski definition) is 3. The average Bonchev–Trinajstić information content (AvgIpc) is 2.97. The second kappa shape index (κ2) is 9.55. The summed E-state index contributed by atoms with van der Waals surface area (Å²) in [4.78, 5) is 15.0. The first-order chi connectivity index (χ1) is 13.9. The lowest BCUT2D eigenvalue weighted by molar-refractivity contribution is -0.131. The summed E-state index contributed by atoms with van der Waals surface area (Å²) in [6.45, 7) is 5.36. The molecule has 0 saturated carbocycles. The first kappa shape index (κ1) is 21.5. The van der Waals surface area contributed by atoms with Crippen molar-refractivity contribution in [3.05, 3.63) is 65.2 Å². The maximum atomic E-state index is 13.4. The van der Waals surface area contributed by atoms with E-state index in [1.807, 2.05) is 43.0 Å². The van der Waals surface area contributed by atoms with Gasteiger partial charge in [0, 0.05) is 19.6 Å². The molecule has 1 fully saturated rings. The van der Waals surface area contributed by atoms with Crippen LogP contribution in [0.25, 0.3) is 0 Å². The maximum absolute atomic E-state index is 13.4. The molecule has 2 aromatic carbocycles. The summed E-state index contributed by atoms with van der Waals surface area (Å²) in [6, 6.07) is 14.6. The highest BCUT2D eigenvalue weighted by Crippen LogP contribution is 2.20. The van der Waals surface area contributed by atoms with E-state index in [0.717, 1.165) is 42.4 Å². The van der Waals surface area contributed by atoms with Gasteiger partial charge in [-0.3, -0.25) is 4.79 Å². The first-order valence-electron chi connectivity index (χ1n) is 10.3. The van der Waals surface area contributed by atoms with Crippen molar-refractivity contribution in [1.29, 1.82) is 0 Å². The second-order valence-electron chi connectivity index (χ2n) is 7.87. The zero-order chi connectivity index (χ0) is 20.9. The molecule has 29 heavy (non-hydrogen) atoms. The van der Waals surface area contributed by atoms with E-state index < -0.39 is 10.0 Å². The Hall–Kier alpha value is -2.18. The molecule has 2 aromatic rings. The predicted octanol–water partition coefficient (Wildman–Crippen LogP) is 3.90. The molecule has 0 aromatic heterocycles. The highest BCUT2D eigenvalue weighted by molar-refractivity contribution is 7.89. The lowest BCUT2D eigenvalue weighted by atomic mass is 10.1. The predicted molar refractivity (Wildman–Crippen MR) is 115 cm³/mol. The number of sulfonamides is 1. The Kier molecular flexibility index (Phi) is 7.09. The van der Waals surface area contributed by atoms with E-state index >= 15 is 0 Å². The van der Waals surface area contributed by atoms with Crippen LogP contribution < -0.4 is 0 Å². The Morgan fingerprint density at radius 1 is 0.931 bits per heavy atom. The summed E-state index contributed by atoms with van der Waals surface area (Å²) in [5.41, 5.74) is 2.94. The largest absolute Gasteiger partial charge is 0.342 e. The molecule has 0 atom stereocenters. The average molecular weight is 415 g/mol. The van der Waals surface area contributed by atoms with Crippen LogP contribution in [-0.2, 0) is 21.4 Å². The fourth-order valence-electron chi connectivity index (χ4n) is 3.67. The molecule has 1 amide bonds. The summed E-state index contributed by atoms with van der Waals surface area (Å²) in [6.07, 6.45) is 4.21.